The number of hydrogen-bond donors (Lipinski definition) is 1. The number of aliphatic carboxylic acids is 1. The number of nitrogens with zero attached hydrogens (tertiary/aromatic N) is 2. The van der Waals surface area contributed by atoms with E-state index in [0.717, 1.165) is 0 Å². The van der Waals surface area contributed by atoms with Crippen LogP contribution in [0.4, 0.5) is 4.79 Å². The van der Waals surface area contributed by atoms with Gasteiger partial charge in [-0.1, -0.05) is 6.92 Å². The van der Waals surface area contributed by atoms with Crippen LogP contribution in [-0.2, 0) is 14.3 Å². The maximum atomic E-state index is 11.8. The van der Waals surface area contributed by atoms with Gasteiger partial charge in [-0.3, -0.25) is 9.59 Å². The summed E-state index contributed by atoms with van der Waals surface area (Å²) in [6.45, 7) is 3.38. The third-order valence-electron chi connectivity index (χ3n) is 2.29. The number of urea groups is 1. The molecule has 0 aliphatic carbocycles. The molecule has 0 aromatic carbocycles. The van der Waals surface area contributed by atoms with Crippen LogP contribution in [0.1, 0.15) is 13.8 Å². The Labute approximate surface area is 106 Å². The molecule has 0 bridgehead atoms. The van der Waals surface area contributed by atoms with Crippen LogP contribution in [0.2, 0.25) is 0 Å². The number of carbonyl (C=O) groups is 3. The monoisotopic (exact) mass is 260 g/mol. The van der Waals surface area contributed by atoms with Crippen LogP contribution in [-0.4, -0.2) is 66.7 Å². The minimum atomic E-state index is -0.970. The van der Waals surface area contributed by atoms with Crippen molar-refractivity contribution in [2.75, 3.05) is 33.8 Å². The zero-order chi connectivity index (χ0) is 14.3. The van der Waals surface area contributed by atoms with Crippen LogP contribution < -0.4 is 0 Å². The van der Waals surface area contributed by atoms with Gasteiger partial charge >= 0.3 is 18.0 Å². The Hall–Kier alpha value is -1.79. The molecule has 0 aromatic rings. The van der Waals surface area contributed by atoms with Crippen molar-refractivity contribution in [2.24, 2.45) is 5.92 Å². The van der Waals surface area contributed by atoms with Crippen molar-refractivity contribution in [2.45, 2.75) is 13.8 Å². The first-order valence-corrected chi connectivity index (χ1v) is 5.64. The molecule has 0 aliphatic rings. The summed E-state index contributed by atoms with van der Waals surface area (Å²) in [4.78, 5) is 36.1. The van der Waals surface area contributed by atoms with Crippen molar-refractivity contribution in [3.8, 4) is 0 Å². The van der Waals surface area contributed by atoms with Crippen LogP contribution in [0, 0.1) is 5.92 Å². The Bertz CT molecular complexity index is 319. The lowest BCUT2D eigenvalue weighted by Gasteiger charge is -2.25. The molecule has 0 radical (unpaired) electrons. The van der Waals surface area contributed by atoms with Gasteiger partial charge in [0.1, 0.15) is 6.54 Å². The maximum Gasteiger partial charge on any atom is 0.325 e. The summed E-state index contributed by atoms with van der Waals surface area (Å²) in [5.74, 6) is -2.12. The van der Waals surface area contributed by atoms with Gasteiger partial charge in [0.15, 0.2) is 0 Å². The second-order valence-corrected chi connectivity index (χ2v) is 4.06. The molecule has 0 fully saturated rings. The average Bonchev–Trinajstić information content (AvgIpc) is 2.27. The smallest absolute Gasteiger partial charge is 0.325 e. The van der Waals surface area contributed by atoms with E-state index in [-0.39, 0.29) is 19.7 Å². The summed E-state index contributed by atoms with van der Waals surface area (Å²) in [5.41, 5.74) is 0. The van der Waals surface area contributed by atoms with Gasteiger partial charge in [-0.15, -0.1) is 0 Å². The molecule has 18 heavy (non-hydrogen) atoms. The van der Waals surface area contributed by atoms with Crippen LogP contribution >= 0.6 is 0 Å². The number of carboxylic acids is 1. The second kappa shape index (κ2) is 7.52. The summed E-state index contributed by atoms with van der Waals surface area (Å²) < 4.78 is 4.72. The first-order valence-electron chi connectivity index (χ1n) is 5.64. The van der Waals surface area contributed by atoms with E-state index >= 15 is 0 Å². The van der Waals surface area contributed by atoms with Gasteiger partial charge in [-0.05, 0) is 6.92 Å². The molecule has 7 nitrogen and oxygen atoms in total. The highest BCUT2D eigenvalue weighted by atomic mass is 16.5. The van der Waals surface area contributed by atoms with Gasteiger partial charge in [-0.2, -0.15) is 0 Å². The molecule has 0 aromatic heterocycles. The van der Waals surface area contributed by atoms with Crippen LogP contribution in [0.15, 0.2) is 0 Å². The van der Waals surface area contributed by atoms with E-state index in [2.05, 4.69) is 0 Å². The van der Waals surface area contributed by atoms with Gasteiger partial charge in [0.25, 0.3) is 0 Å². The zero-order valence-corrected chi connectivity index (χ0v) is 11.2. The molecule has 1 N–H and O–H groups in total. The molecule has 7 heteroatoms. The van der Waals surface area contributed by atoms with Crippen LogP contribution in [0.5, 0.6) is 0 Å². The molecule has 0 heterocycles. The molecule has 0 saturated carbocycles. The molecule has 1 atom stereocenters. The number of esters is 1. The lowest BCUT2D eigenvalue weighted by molar-refractivity contribution is -0.144. The standard InChI is InChI=1S/C11H20N2O5/c1-5-18-9(14)7-13(4)11(17)12(3)6-8(2)10(15)16/h8H,5-7H2,1-4H3,(H,15,16). The van der Waals surface area contributed by atoms with Gasteiger partial charge in [0.05, 0.1) is 12.5 Å². The highest BCUT2D eigenvalue weighted by Gasteiger charge is 2.21. The number of amides is 2. The predicted octanol–water partition coefficient (Wildman–Crippen LogP) is 0.254. The highest BCUT2D eigenvalue weighted by Crippen LogP contribution is 2.01. The molecule has 0 aliphatic heterocycles. The summed E-state index contributed by atoms with van der Waals surface area (Å²) in [6, 6.07) is -0.420. The van der Waals surface area contributed by atoms with Crippen molar-refractivity contribution in [3.63, 3.8) is 0 Å². The minimum absolute atomic E-state index is 0.0847. The number of likely N-dealkylation sites (N-methyl/N-ethyl adjacent to an activating group) is 1. The number of carboxylic acid groups (broad SMARTS) is 1. The van der Waals surface area contributed by atoms with E-state index in [1.165, 1.54) is 30.8 Å². The third-order valence-corrected chi connectivity index (χ3v) is 2.29. The van der Waals surface area contributed by atoms with Gasteiger partial charge in [-0.25, -0.2) is 4.79 Å². The Kier molecular flexibility index (Phi) is 6.77. The van der Waals surface area contributed by atoms with E-state index < -0.39 is 23.9 Å². The van der Waals surface area contributed by atoms with Crippen molar-refractivity contribution < 1.29 is 24.2 Å². The lowest BCUT2D eigenvalue weighted by Crippen LogP contribution is -2.43. The topological polar surface area (TPSA) is 87.2 Å². The molecule has 104 valence electrons. The van der Waals surface area contributed by atoms with Crippen molar-refractivity contribution in [1.29, 1.82) is 0 Å². The van der Waals surface area contributed by atoms with E-state index in [0.29, 0.717) is 0 Å². The molecular weight excluding hydrogens is 240 g/mol. The van der Waals surface area contributed by atoms with Gasteiger partial charge < -0.3 is 19.6 Å². The highest BCUT2D eigenvalue weighted by molar-refractivity contribution is 5.81. The lowest BCUT2D eigenvalue weighted by atomic mass is 10.2. The Balaban J connectivity index is 4.28. The van der Waals surface area contributed by atoms with Gasteiger partial charge in [0, 0.05) is 20.6 Å². The average molecular weight is 260 g/mol. The van der Waals surface area contributed by atoms with E-state index in [9.17, 15) is 14.4 Å². The molecule has 2 amide bonds. The zero-order valence-electron chi connectivity index (χ0n) is 11.2. The van der Waals surface area contributed by atoms with Crippen LogP contribution in [0.25, 0.3) is 0 Å². The second-order valence-electron chi connectivity index (χ2n) is 4.06. The minimum Gasteiger partial charge on any atom is -0.481 e. The van der Waals surface area contributed by atoms with Crippen molar-refractivity contribution in [3.05, 3.63) is 0 Å². The Morgan fingerprint density at radius 2 is 1.78 bits per heavy atom. The van der Waals surface area contributed by atoms with E-state index in [1.807, 2.05) is 0 Å². The Morgan fingerprint density at radius 1 is 1.22 bits per heavy atom. The fraction of sp³-hybridized carbons (Fsp3) is 0.727. The largest absolute Gasteiger partial charge is 0.481 e. The number of carbonyl (C=O) groups excluding carboxylic acids is 2. The van der Waals surface area contributed by atoms with Crippen molar-refractivity contribution >= 4 is 18.0 Å². The molecule has 1 unspecified atom stereocenters. The fourth-order valence-electron chi connectivity index (χ4n) is 1.33. The summed E-state index contributed by atoms with van der Waals surface area (Å²) in [5, 5.41) is 8.74. The maximum absolute atomic E-state index is 11.8. The van der Waals surface area contributed by atoms with Gasteiger partial charge in [0.2, 0.25) is 0 Å². The first kappa shape index (κ1) is 16.2. The number of rotatable bonds is 6. The SMILES string of the molecule is CCOC(=O)CN(C)C(=O)N(C)CC(C)C(=O)O. The summed E-state index contributed by atoms with van der Waals surface area (Å²) >= 11 is 0. The Morgan fingerprint density at radius 3 is 2.22 bits per heavy atom. The summed E-state index contributed by atoms with van der Waals surface area (Å²) in [7, 11) is 2.95. The molecule has 0 saturated heterocycles. The normalized spacial score (nSPS) is 11.6. The number of hydrogen-bond acceptors (Lipinski definition) is 4. The van der Waals surface area contributed by atoms with E-state index in [1.54, 1.807) is 6.92 Å². The molecule has 0 rings (SSSR count). The predicted molar refractivity (Wildman–Crippen MR) is 64.1 cm³/mol. The number of ether oxygens (including phenoxy) is 1. The summed E-state index contributed by atoms with van der Waals surface area (Å²) in [6.07, 6.45) is 0. The van der Waals surface area contributed by atoms with Crippen LogP contribution in [0.3, 0.4) is 0 Å². The first-order chi connectivity index (χ1) is 8.29. The third kappa shape index (κ3) is 5.51. The molecule has 0 spiro atoms. The molecular formula is C11H20N2O5. The van der Waals surface area contributed by atoms with E-state index in [4.69, 9.17) is 9.84 Å². The van der Waals surface area contributed by atoms with Crippen molar-refractivity contribution in [1.82, 2.24) is 9.80 Å². The fourth-order valence-corrected chi connectivity index (χ4v) is 1.33. The quantitative estimate of drug-likeness (QED) is 0.692.